The number of nitriles is 1. The average molecular weight is 309 g/mol. The van der Waals surface area contributed by atoms with Crippen LogP contribution in [0, 0.1) is 14.9 Å². The summed E-state index contributed by atoms with van der Waals surface area (Å²) in [7, 11) is 0. The molecule has 3 nitrogen and oxygen atoms in total. The maximum Gasteiger partial charge on any atom is 0.266 e. The van der Waals surface area contributed by atoms with Gasteiger partial charge in [0.25, 0.3) is 6.43 Å². The first-order valence-electron chi connectivity index (χ1n) is 3.65. The lowest BCUT2D eigenvalue weighted by molar-refractivity contribution is 0.150. The number of hydrogen-bond acceptors (Lipinski definition) is 3. The summed E-state index contributed by atoms with van der Waals surface area (Å²) in [4.78, 5) is 3.62. The summed E-state index contributed by atoms with van der Waals surface area (Å²) in [5, 5.41) is 8.47. The Kier molecular flexibility index (Phi) is 3.57. The van der Waals surface area contributed by atoms with Gasteiger partial charge in [-0.25, -0.2) is 13.8 Å². The minimum Gasteiger partial charge on any atom is -0.383 e. The Morgan fingerprint density at radius 1 is 1.64 bits per heavy atom. The highest BCUT2D eigenvalue weighted by Gasteiger charge is 2.17. The van der Waals surface area contributed by atoms with Crippen molar-refractivity contribution in [3.05, 3.63) is 20.9 Å². The van der Waals surface area contributed by atoms with Crippen molar-refractivity contribution in [3.8, 4) is 6.07 Å². The molecule has 1 aromatic heterocycles. The Bertz CT molecular complexity index is 387. The van der Waals surface area contributed by atoms with Crippen LogP contribution in [0.2, 0.25) is 0 Å². The molecule has 0 amide bonds. The van der Waals surface area contributed by atoms with E-state index in [4.69, 9.17) is 11.0 Å². The summed E-state index contributed by atoms with van der Waals surface area (Å²) in [6, 6.07) is 1.86. The van der Waals surface area contributed by atoms with E-state index in [1.165, 1.54) is 0 Å². The van der Waals surface area contributed by atoms with E-state index >= 15 is 0 Å². The Hall–Kier alpha value is -0.970. The molecule has 2 N–H and O–H groups in total. The van der Waals surface area contributed by atoms with Gasteiger partial charge in [0, 0.05) is 20.9 Å². The van der Waals surface area contributed by atoms with Gasteiger partial charge in [0.2, 0.25) is 0 Å². The third-order valence-electron chi connectivity index (χ3n) is 1.66. The summed E-state index contributed by atoms with van der Waals surface area (Å²) in [6.45, 7) is 0. The molecule has 0 spiro atoms. The molecule has 1 heterocycles. The van der Waals surface area contributed by atoms with E-state index in [-0.39, 0.29) is 17.8 Å². The number of pyridine rings is 1. The molecule has 0 fully saturated rings. The number of nitrogen functional groups attached to an aromatic ring is 1. The third-order valence-corrected chi connectivity index (χ3v) is 2.94. The van der Waals surface area contributed by atoms with Crippen molar-refractivity contribution >= 4 is 28.4 Å². The fourth-order valence-electron chi connectivity index (χ4n) is 0.960. The first-order chi connectivity index (χ1) is 6.57. The minimum absolute atomic E-state index is 0.00231. The van der Waals surface area contributed by atoms with Gasteiger partial charge in [0.15, 0.2) is 0 Å². The summed E-state index contributed by atoms with van der Waals surface area (Å²) in [6.07, 6.45) is -1.55. The van der Waals surface area contributed by atoms with Crippen LogP contribution in [0.3, 0.4) is 0 Å². The van der Waals surface area contributed by atoms with Gasteiger partial charge >= 0.3 is 0 Å². The van der Waals surface area contributed by atoms with Crippen molar-refractivity contribution in [3.63, 3.8) is 0 Å². The predicted octanol–water partition coefficient (Wildman–Crippen LogP) is 2.27. The van der Waals surface area contributed by atoms with Gasteiger partial charge < -0.3 is 5.73 Å². The van der Waals surface area contributed by atoms with E-state index in [9.17, 15) is 8.78 Å². The lowest BCUT2D eigenvalue weighted by Crippen LogP contribution is -2.04. The molecular formula is C8H6F2IN3. The minimum atomic E-state index is -2.59. The predicted molar refractivity (Wildman–Crippen MR) is 55.6 cm³/mol. The van der Waals surface area contributed by atoms with Gasteiger partial charge in [0.1, 0.15) is 5.82 Å². The molecule has 0 radical (unpaired) electrons. The molecule has 0 unspecified atom stereocenters. The van der Waals surface area contributed by atoms with Crippen LogP contribution in [-0.2, 0) is 6.42 Å². The Morgan fingerprint density at radius 3 is 2.79 bits per heavy atom. The smallest absolute Gasteiger partial charge is 0.266 e. The molecule has 1 rings (SSSR count). The van der Waals surface area contributed by atoms with Crippen LogP contribution in [0.5, 0.6) is 0 Å². The van der Waals surface area contributed by atoms with Crippen molar-refractivity contribution in [2.45, 2.75) is 12.8 Å². The van der Waals surface area contributed by atoms with Gasteiger partial charge in [-0.1, -0.05) is 0 Å². The number of nitrogens with two attached hydrogens (primary N) is 1. The van der Waals surface area contributed by atoms with Crippen LogP contribution < -0.4 is 5.73 Å². The van der Waals surface area contributed by atoms with E-state index in [1.807, 2.05) is 6.07 Å². The topological polar surface area (TPSA) is 62.7 Å². The van der Waals surface area contributed by atoms with Crippen LogP contribution in [0.15, 0.2) is 6.20 Å². The van der Waals surface area contributed by atoms with E-state index in [2.05, 4.69) is 4.98 Å². The van der Waals surface area contributed by atoms with Crippen molar-refractivity contribution in [2.24, 2.45) is 0 Å². The fourth-order valence-corrected chi connectivity index (χ4v) is 1.80. The highest BCUT2D eigenvalue weighted by molar-refractivity contribution is 14.1. The Morgan fingerprint density at radius 2 is 2.29 bits per heavy atom. The number of hydrogen-bond donors (Lipinski definition) is 1. The van der Waals surface area contributed by atoms with Crippen molar-refractivity contribution in [2.75, 3.05) is 5.73 Å². The molecule has 0 saturated heterocycles. The zero-order valence-electron chi connectivity index (χ0n) is 6.97. The van der Waals surface area contributed by atoms with Crippen LogP contribution in [0.1, 0.15) is 17.6 Å². The van der Waals surface area contributed by atoms with Crippen LogP contribution in [-0.4, -0.2) is 4.98 Å². The van der Waals surface area contributed by atoms with Gasteiger partial charge in [0.05, 0.1) is 12.5 Å². The van der Waals surface area contributed by atoms with Crippen molar-refractivity contribution < 1.29 is 8.78 Å². The Labute approximate surface area is 93.1 Å². The van der Waals surface area contributed by atoms with Crippen molar-refractivity contribution in [1.29, 1.82) is 5.26 Å². The number of anilines is 1. The Balaban J connectivity index is 3.27. The molecule has 14 heavy (non-hydrogen) atoms. The summed E-state index contributed by atoms with van der Waals surface area (Å²) in [5.74, 6) is 0.139. The van der Waals surface area contributed by atoms with E-state index < -0.39 is 6.43 Å². The molecule has 0 saturated carbocycles. The van der Waals surface area contributed by atoms with Gasteiger partial charge in [-0.15, -0.1) is 0 Å². The quantitative estimate of drug-likeness (QED) is 0.853. The number of rotatable bonds is 2. The van der Waals surface area contributed by atoms with Crippen LogP contribution >= 0.6 is 22.6 Å². The van der Waals surface area contributed by atoms with E-state index in [0.29, 0.717) is 9.13 Å². The van der Waals surface area contributed by atoms with Crippen LogP contribution in [0.4, 0.5) is 14.6 Å². The second-order valence-electron chi connectivity index (χ2n) is 2.53. The zero-order valence-corrected chi connectivity index (χ0v) is 9.12. The van der Waals surface area contributed by atoms with E-state index in [0.717, 1.165) is 6.20 Å². The second-order valence-corrected chi connectivity index (χ2v) is 3.61. The standard InChI is InChI=1S/C8H6F2IN3/c9-7(10)5-3-14-8(13)4(1-2-12)6(5)11/h3,7H,1H2,(H2,13,14). The molecule has 0 aliphatic rings. The highest BCUT2D eigenvalue weighted by Crippen LogP contribution is 2.28. The number of aromatic nitrogens is 1. The largest absolute Gasteiger partial charge is 0.383 e. The zero-order chi connectivity index (χ0) is 10.7. The second kappa shape index (κ2) is 4.50. The van der Waals surface area contributed by atoms with Crippen molar-refractivity contribution in [1.82, 2.24) is 4.98 Å². The first kappa shape index (κ1) is 11.1. The number of nitrogens with zero attached hydrogens (tertiary/aromatic N) is 2. The maximum absolute atomic E-state index is 12.4. The lowest BCUT2D eigenvalue weighted by atomic mass is 10.1. The fraction of sp³-hybridized carbons (Fsp3) is 0.250. The summed E-state index contributed by atoms with van der Waals surface area (Å²) in [5.41, 5.74) is 5.67. The molecular weight excluding hydrogens is 303 g/mol. The average Bonchev–Trinajstić information content (AvgIpc) is 2.11. The molecule has 0 aliphatic carbocycles. The lowest BCUT2D eigenvalue weighted by Gasteiger charge is -2.08. The molecule has 6 heteroatoms. The van der Waals surface area contributed by atoms with Gasteiger partial charge in [-0.05, 0) is 22.6 Å². The molecule has 74 valence electrons. The molecule has 0 aliphatic heterocycles. The number of halogens is 3. The molecule has 0 aromatic carbocycles. The SMILES string of the molecule is N#CCc1c(N)ncc(C(F)F)c1I. The van der Waals surface area contributed by atoms with Gasteiger partial charge in [-0.2, -0.15) is 5.26 Å². The normalized spacial score (nSPS) is 10.2. The molecule has 1 aromatic rings. The molecule has 0 bridgehead atoms. The monoisotopic (exact) mass is 309 g/mol. The van der Waals surface area contributed by atoms with Crippen LogP contribution in [0.25, 0.3) is 0 Å². The summed E-state index contributed by atoms with van der Waals surface area (Å²) >= 11 is 1.75. The maximum atomic E-state index is 12.4. The highest BCUT2D eigenvalue weighted by atomic mass is 127. The third kappa shape index (κ3) is 2.09. The first-order valence-corrected chi connectivity index (χ1v) is 4.73. The van der Waals surface area contributed by atoms with Gasteiger partial charge in [-0.3, -0.25) is 0 Å². The van der Waals surface area contributed by atoms with E-state index in [1.54, 1.807) is 22.6 Å². The molecule has 0 atom stereocenters. The summed E-state index contributed by atoms with van der Waals surface area (Å²) < 4.78 is 25.1. The number of alkyl halides is 2.